The fourth-order valence-electron chi connectivity index (χ4n) is 6.06. The van der Waals surface area contributed by atoms with E-state index in [2.05, 4.69) is 19.9 Å². The van der Waals surface area contributed by atoms with Crippen LogP contribution in [0.25, 0.3) is 28.0 Å². The second-order valence-corrected chi connectivity index (χ2v) is 10.3. The molecular formula is C28H32N8O2. The zero-order valence-electron chi connectivity index (χ0n) is 21.3. The molecule has 1 aromatic carbocycles. The maximum atomic E-state index is 13.5. The van der Waals surface area contributed by atoms with Crippen molar-refractivity contribution in [1.82, 2.24) is 29.3 Å². The lowest BCUT2D eigenvalue weighted by molar-refractivity contribution is -0.123. The van der Waals surface area contributed by atoms with Crippen LogP contribution in [0.5, 0.6) is 0 Å². The number of nitrogen functional groups attached to an aromatic ring is 1. The molecule has 4 aromatic rings. The zero-order chi connectivity index (χ0) is 26.2. The minimum Gasteiger partial charge on any atom is -0.382 e. The van der Waals surface area contributed by atoms with Crippen LogP contribution in [0.4, 0.5) is 5.82 Å². The number of amides is 2. The van der Waals surface area contributed by atoms with Gasteiger partial charge in [-0.3, -0.25) is 14.3 Å². The average Bonchev–Trinajstić information content (AvgIpc) is 3.59. The van der Waals surface area contributed by atoms with E-state index in [1.54, 1.807) is 15.5 Å². The second kappa shape index (κ2) is 9.92. The van der Waals surface area contributed by atoms with E-state index in [0.717, 1.165) is 48.2 Å². The summed E-state index contributed by atoms with van der Waals surface area (Å²) in [4.78, 5) is 31.4. The van der Waals surface area contributed by atoms with Crippen LogP contribution in [-0.2, 0) is 4.79 Å². The third-order valence-electron chi connectivity index (χ3n) is 7.95. The van der Waals surface area contributed by atoms with Crippen LogP contribution in [0, 0.1) is 0 Å². The van der Waals surface area contributed by atoms with E-state index in [0.29, 0.717) is 35.9 Å². The number of rotatable bonds is 5. The second-order valence-electron chi connectivity index (χ2n) is 10.3. The molecule has 38 heavy (non-hydrogen) atoms. The summed E-state index contributed by atoms with van der Waals surface area (Å²) < 4.78 is 3.90. The van der Waals surface area contributed by atoms with Gasteiger partial charge in [-0.25, -0.2) is 9.50 Å². The molecular weight excluding hydrogens is 480 g/mol. The Morgan fingerprint density at radius 3 is 2.55 bits per heavy atom. The fourth-order valence-corrected chi connectivity index (χ4v) is 6.06. The summed E-state index contributed by atoms with van der Waals surface area (Å²) in [5.41, 5.74) is 16.7. The third-order valence-corrected chi connectivity index (χ3v) is 7.95. The van der Waals surface area contributed by atoms with Crippen LogP contribution >= 0.6 is 0 Å². The number of hydrogen-bond donors (Lipinski definition) is 2. The Balaban J connectivity index is 1.43. The summed E-state index contributed by atoms with van der Waals surface area (Å²) in [5, 5.41) is 9.21. The molecule has 10 nitrogen and oxygen atoms in total. The van der Waals surface area contributed by atoms with Crippen molar-refractivity contribution >= 4 is 23.1 Å². The lowest BCUT2D eigenvalue weighted by atomic mass is 9.95. The molecule has 1 aliphatic heterocycles. The molecule has 2 amide bonds. The number of benzene rings is 1. The first kappa shape index (κ1) is 24.1. The fraction of sp³-hybridized carbons (Fsp3) is 0.393. The molecule has 1 atom stereocenters. The van der Waals surface area contributed by atoms with E-state index in [1.807, 2.05) is 36.5 Å². The number of primary amides is 1. The van der Waals surface area contributed by atoms with E-state index in [1.165, 1.54) is 25.6 Å². The smallest absolute Gasteiger partial charge is 0.254 e. The minimum absolute atomic E-state index is 0.194. The maximum Gasteiger partial charge on any atom is 0.254 e. The van der Waals surface area contributed by atoms with Gasteiger partial charge in [0.2, 0.25) is 5.91 Å². The number of likely N-dealkylation sites (tertiary alicyclic amines) is 1. The molecule has 0 bridgehead atoms. The van der Waals surface area contributed by atoms with Crippen molar-refractivity contribution in [3.63, 3.8) is 0 Å². The van der Waals surface area contributed by atoms with Crippen LogP contribution in [0.15, 0.2) is 48.9 Å². The van der Waals surface area contributed by atoms with E-state index in [-0.39, 0.29) is 5.91 Å². The minimum atomic E-state index is -0.576. The van der Waals surface area contributed by atoms with Crippen LogP contribution in [0.2, 0.25) is 0 Å². The summed E-state index contributed by atoms with van der Waals surface area (Å²) >= 11 is 0. The predicted octanol–water partition coefficient (Wildman–Crippen LogP) is 3.83. The standard InChI is InChI=1S/C28H32N8O2/c29-26-25-21(22-12-13-32-35(22)20-9-2-1-3-10-20)16-24(36(25)33-17-31-26)18-7-6-8-19(15-18)28(38)34-14-5-4-11-23(34)27(30)37/h6-8,12-13,15-17,20,23H,1-5,9-11,14H2,(H2,30,37)(H2,29,31,33)/t23-/m1/s1. The van der Waals surface area contributed by atoms with Gasteiger partial charge >= 0.3 is 0 Å². The van der Waals surface area contributed by atoms with Crippen molar-refractivity contribution in [1.29, 1.82) is 0 Å². The SMILES string of the molecule is NC(=O)[C@H]1CCCCN1C(=O)c1cccc(-c2cc(-c3ccnn3C3CCCCC3)c3c(N)ncnn23)c1. The lowest BCUT2D eigenvalue weighted by Gasteiger charge is -2.33. The molecule has 0 unspecified atom stereocenters. The number of hydrogen-bond acceptors (Lipinski definition) is 6. The van der Waals surface area contributed by atoms with E-state index >= 15 is 0 Å². The molecule has 4 N–H and O–H groups in total. The van der Waals surface area contributed by atoms with Gasteiger partial charge in [0.25, 0.3) is 5.91 Å². The van der Waals surface area contributed by atoms with Gasteiger partial charge in [0.05, 0.1) is 17.4 Å². The number of nitrogens with two attached hydrogens (primary N) is 2. The molecule has 0 radical (unpaired) electrons. The topological polar surface area (TPSA) is 137 Å². The van der Waals surface area contributed by atoms with Gasteiger partial charge in [-0.2, -0.15) is 10.2 Å². The largest absolute Gasteiger partial charge is 0.382 e. The highest BCUT2D eigenvalue weighted by Crippen LogP contribution is 2.38. The molecule has 1 saturated carbocycles. The molecule has 0 spiro atoms. The van der Waals surface area contributed by atoms with Crippen molar-refractivity contribution in [2.45, 2.75) is 63.5 Å². The molecule has 4 heterocycles. The first-order chi connectivity index (χ1) is 18.5. The maximum absolute atomic E-state index is 13.5. The van der Waals surface area contributed by atoms with Crippen LogP contribution in [0.1, 0.15) is 67.8 Å². The number of carbonyl (C=O) groups excluding carboxylic acids is 2. The highest BCUT2D eigenvalue weighted by molar-refractivity contribution is 5.99. The Morgan fingerprint density at radius 2 is 1.74 bits per heavy atom. The van der Waals surface area contributed by atoms with Crippen molar-refractivity contribution in [2.75, 3.05) is 12.3 Å². The highest BCUT2D eigenvalue weighted by Gasteiger charge is 2.31. The first-order valence-corrected chi connectivity index (χ1v) is 13.4. The lowest BCUT2D eigenvalue weighted by Crippen LogP contribution is -2.50. The van der Waals surface area contributed by atoms with Gasteiger partial charge in [0, 0.05) is 29.4 Å². The normalized spacial score (nSPS) is 18.6. The van der Waals surface area contributed by atoms with Gasteiger partial charge < -0.3 is 16.4 Å². The van der Waals surface area contributed by atoms with Gasteiger partial charge in [-0.15, -0.1) is 0 Å². The van der Waals surface area contributed by atoms with Gasteiger partial charge in [-0.05, 0) is 56.4 Å². The summed E-state index contributed by atoms with van der Waals surface area (Å²) in [7, 11) is 0. The number of aromatic nitrogens is 5. The summed E-state index contributed by atoms with van der Waals surface area (Å²) in [6.07, 6.45) is 11.5. The molecule has 2 fully saturated rings. The monoisotopic (exact) mass is 512 g/mol. The molecule has 1 aliphatic carbocycles. The highest BCUT2D eigenvalue weighted by atomic mass is 16.2. The molecule has 2 aliphatic rings. The Labute approximate surface area is 220 Å². The molecule has 10 heteroatoms. The van der Waals surface area contributed by atoms with Crippen molar-refractivity contribution < 1.29 is 9.59 Å². The van der Waals surface area contributed by atoms with Gasteiger partial charge in [-0.1, -0.05) is 31.4 Å². The average molecular weight is 513 g/mol. The number of fused-ring (bicyclic) bond motifs is 1. The number of nitrogens with zero attached hydrogens (tertiary/aromatic N) is 6. The molecule has 6 rings (SSSR count). The summed E-state index contributed by atoms with van der Waals surface area (Å²) in [6.45, 7) is 0.518. The Morgan fingerprint density at radius 1 is 0.921 bits per heavy atom. The van der Waals surface area contributed by atoms with Gasteiger partial charge in [0.15, 0.2) is 5.82 Å². The Hall–Kier alpha value is -4.21. The number of piperidine rings is 1. The Bertz CT molecular complexity index is 1500. The van der Waals surface area contributed by atoms with Crippen LogP contribution in [-0.4, -0.2) is 53.7 Å². The van der Waals surface area contributed by atoms with E-state index in [9.17, 15) is 9.59 Å². The predicted molar refractivity (Wildman–Crippen MR) is 144 cm³/mol. The number of carbonyl (C=O) groups is 2. The quantitative estimate of drug-likeness (QED) is 0.417. The third kappa shape index (κ3) is 4.19. The Kier molecular flexibility index (Phi) is 6.30. The van der Waals surface area contributed by atoms with Crippen molar-refractivity contribution in [3.8, 4) is 22.5 Å². The zero-order valence-corrected chi connectivity index (χ0v) is 21.3. The van der Waals surface area contributed by atoms with Crippen molar-refractivity contribution in [2.24, 2.45) is 5.73 Å². The van der Waals surface area contributed by atoms with Crippen LogP contribution < -0.4 is 11.5 Å². The summed E-state index contributed by atoms with van der Waals surface area (Å²) in [6, 6.07) is 11.2. The first-order valence-electron chi connectivity index (χ1n) is 13.4. The summed E-state index contributed by atoms with van der Waals surface area (Å²) in [5.74, 6) is -0.276. The van der Waals surface area contributed by atoms with Crippen molar-refractivity contribution in [3.05, 3.63) is 54.5 Å². The van der Waals surface area contributed by atoms with Crippen LogP contribution in [0.3, 0.4) is 0 Å². The molecule has 1 saturated heterocycles. The van der Waals surface area contributed by atoms with E-state index in [4.69, 9.17) is 11.5 Å². The molecule has 3 aromatic heterocycles. The molecule has 196 valence electrons. The van der Waals surface area contributed by atoms with E-state index < -0.39 is 11.9 Å². The van der Waals surface area contributed by atoms with Gasteiger partial charge in [0.1, 0.15) is 17.9 Å². The number of anilines is 1.